The molecule has 0 N–H and O–H groups in total. The van der Waals surface area contributed by atoms with Crippen LogP contribution < -0.4 is 4.74 Å². The maximum absolute atomic E-state index is 9.99. The zero-order chi connectivity index (χ0) is 10.2. The lowest BCUT2D eigenvalue weighted by Gasteiger charge is -1.96. The van der Waals surface area contributed by atoms with Crippen molar-refractivity contribution in [1.29, 1.82) is 0 Å². The Morgan fingerprint density at radius 3 is 2.64 bits per heavy atom. The Labute approximate surface area is 81.3 Å². The van der Waals surface area contributed by atoms with Crippen LogP contribution in [-0.4, -0.2) is 13.1 Å². The number of benzene rings is 1. The average Bonchev–Trinajstić information content (AvgIpc) is 2.21. The molecule has 5 nitrogen and oxygen atoms in total. The molecule has 0 saturated carbocycles. The molecule has 0 aliphatic carbocycles. The molecular formula is C9H10N2O3. The summed E-state index contributed by atoms with van der Waals surface area (Å²) in [6.07, 6.45) is 0. The standard InChI is InChI=1S/C9H10N2O3/c1-2-14-11-10-8-3-5-9(6-4-8)13-7-12/h3-7H,2H2,1H3. The van der Waals surface area contributed by atoms with Gasteiger partial charge in [-0.1, -0.05) is 0 Å². The predicted octanol–water partition coefficient (Wildman–Crippen LogP) is 2.26. The number of ether oxygens (including phenoxy) is 1. The van der Waals surface area contributed by atoms with Crippen LogP contribution >= 0.6 is 0 Å². The summed E-state index contributed by atoms with van der Waals surface area (Å²) in [5, 5.41) is 7.21. The average molecular weight is 194 g/mol. The van der Waals surface area contributed by atoms with E-state index in [1.54, 1.807) is 24.3 Å². The smallest absolute Gasteiger partial charge is 0.298 e. The Morgan fingerprint density at radius 1 is 1.36 bits per heavy atom. The molecule has 14 heavy (non-hydrogen) atoms. The lowest BCUT2D eigenvalue weighted by molar-refractivity contribution is -0.120. The monoisotopic (exact) mass is 194 g/mol. The summed E-state index contributed by atoms with van der Waals surface area (Å²) < 4.78 is 4.60. The van der Waals surface area contributed by atoms with Gasteiger partial charge in [-0.25, -0.2) is 0 Å². The zero-order valence-electron chi connectivity index (χ0n) is 7.71. The first-order chi connectivity index (χ1) is 6.86. The van der Waals surface area contributed by atoms with Crippen LogP contribution in [0.5, 0.6) is 5.75 Å². The fourth-order valence-electron chi connectivity index (χ4n) is 0.781. The van der Waals surface area contributed by atoms with Gasteiger partial charge in [-0.05, 0) is 31.2 Å². The van der Waals surface area contributed by atoms with E-state index < -0.39 is 0 Å². The number of hydrogen-bond acceptors (Lipinski definition) is 5. The Bertz CT molecular complexity index is 308. The van der Waals surface area contributed by atoms with Gasteiger partial charge in [0, 0.05) is 5.28 Å². The van der Waals surface area contributed by atoms with Crippen molar-refractivity contribution in [3.63, 3.8) is 0 Å². The quantitative estimate of drug-likeness (QED) is 0.410. The van der Waals surface area contributed by atoms with E-state index in [0.717, 1.165) is 0 Å². The summed E-state index contributed by atoms with van der Waals surface area (Å²) in [5.74, 6) is 0.468. The van der Waals surface area contributed by atoms with Crippen LogP contribution in [0.4, 0.5) is 5.69 Å². The molecule has 0 heterocycles. The van der Waals surface area contributed by atoms with E-state index in [1.807, 2.05) is 6.92 Å². The minimum atomic E-state index is 0.372. The van der Waals surface area contributed by atoms with Crippen LogP contribution in [0, 0.1) is 0 Å². The molecule has 0 aliphatic heterocycles. The molecule has 1 aromatic rings. The van der Waals surface area contributed by atoms with Gasteiger partial charge in [0.25, 0.3) is 6.47 Å². The van der Waals surface area contributed by atoms with E-state index >= 15 is 0 Å². The molecule has 0 aromatic heterocycles. The fourth-order valence-corrected chi connectivity index (χ4v) is 0.781. The van der Waals surface area contributed by atoms with Crippen molar-refractivity contribution in [3.8, 4) is 5.75 Å². The van der Waals surface area contributed by atoms with E-state index in [1.165, 1.54) is 0 Å². The van der Waals surface area contributed by atoms with Crippen LogP contribution in [0.2, 0.25) is 0 Å². The molecule has 0 spiro atoms. The van der Waals surface area contributed by atoms with E-state index in [-0.39, 0.29) is 0 Å². The molecule has 0 radical (unpaired) electrons. The second kappa shape index (κ2) is 5.69. The summed E-state index contributed by atoms with van der Waals surface area (Å²) in [5.41, 5.74) is 0.636. The normalized spacial score (nSPS) is 10.1. The topological polar surface area (TPSA) is 60.3 Å². The minimum absolute atomic E-state index is 0.372. The van der Waals surface area contributed by atoms with Gasteiger partial charge in [0.2, 0.25) is 0 Å². The molecule has 0 atom stereocenters. The number of hydrogen-bond donors (Lipinski definition) is 0. The Hall–Kier alpha value is -1.91. The highest BCUT2D eigenvalue weighted by molar-refractivity contribution is 5.48. The molecule has 1 rings (SSSR count). The van der Waals surface area contributed by atoms with Gasteiger partial charge >= 0.3 is 0 Å². The van der Waals surface area contributed by atoms with Gasteiger partial charge < -0.3 is 9.57 Å². The summed E-state index contributed by atoms with van der Waals surface area (Å²) >= 11 is 0. The fraction of sp³-hybridized carbons (Fsp3) is 0.222. The van der Waals surface area contributed by atoms with Gasteiger partial charge in [0.1, 0.15) is 12.4 Å². The molecule has 5 heteroatoms. The zero-order valence-corrected chi connectivity index (χ0v) is 7.71. The van der Waals surface area contributed by atoms with Crippen LogP contribution in [0.3, 0.4) is 0 Å². The molecule has 0 fully saturated rings. The molecule has 74 valence electrons. The third-order valence-electron chi connectivity index (χ3n) is 1.36. The van der Waals surface area contributed by atoms with E-state index in [4.69, 9.17) is 0 Å². The van der Waals surface area contributed by atoms with Crippen molar-refractivity contribution < 1.29 is 14.4 Å². The van der Waals surface area contributed by atoms with Crippen molar-refractivity contribution >= 4 is 12.2 Å². The van der Waals surface area contributed by atoms with Gasteiger partial charge in [0.05, 0.1) is 5.69 Å². The van der Waals surface area contributed by atoms with Crippen LogP contribution in [0.25, 0.3) is 0 Å². The van der Waals surface area contributed by atoms with E-state index in [2.05, 4.69) is 20.0 Å². The van der Waals surface area contributed by atoms with Crippen LogP contribution in [0.15, 0.2) is 34.7 Å². The number of carbonyl (C=O) groups excluding carboxylic acids is 1. The Kier molecular flexibility index (Phi) is 4.13. The van der Waals surface area contributed by atoms with Crippen molar-refractivity contribution in [2.45, 2.75) is 6.92 Å². The highest BCUT2D eigenvalue weighted by Crippen LogP contribution is 2.17. The summed E-state index contributed by atoms with van der Waals surface area (Å²) in [6, 6.07) is 6.58. The number of rotatable bonds is 5. The molecular weight excluding hydrogens is 184 g/mol. The molecule has 0 unspecified atom stereocenters. The molecule has 1 aromatic carbocycles. The molecule has 0 aliphatic rings. The number of carbonyl (C=O) groups is 1. The highest BCUT2D eigenvalue weighted by atomic mass is 16.6. The van der Waals surface area contributed by atoms with Gasteiger partial charge in [-0.3, -0.25) is 4.79 Å². The largest absolute Gasteiger partial charge is 0.429 e. The Morgan fingerprint density at radius 2 is 2.07 bits per heavy atom. The van der Waals surface area contributed by atoms with Gasteiger partial charge in [-0.2, -0.15) is 0 Å². The van der Waals surface area contributed by atoms with Crippen molar-refractivity contribution in [3.05, 3.63) is 24.3 Å². The van der Waals surface area contributed by atoms with E-state index in [0.29, 0.717) is 24.5 Å². The number of nitrogens with zero attached hydrogens (tertiary/aromatic N) is 2. The lowest BCUT2D eigenvalue weighted by Crippen LogP contribution is -1.86. The minimum Gasteiger partial charge on any atom is -0.429 e. The van der Waals surface area contributed by atoms with Crippen LogP contribution in [0.1, 0.15) is 6.92 Å². The second-order valence-electron chi connectivity index (χ2n) is 2.31. The van der Waals surface area contributed by atoms with Crippen LogP contribution in [-0.2, 0) is 9.63 Å². The maximum atomic E-state index is 9.99. The summed E-state index contributed by atoms with van der Waals surface area (Å²) in [6.45, 7) is 2.67. The third-order valence-corrected chi connectivity index (χ3v) is 1.36. The third kappa shape index (κ3) is 3.22. The summed E-state index contributed by atoms with van der Waals surface area (Å²) in [7, 11) is 0. The molecule has 0 bridgehead atoms. The predicted molar refractivity (Wildman–Crippen MR) is 49.3 cm³/mol. The van der Waals surface area contributed by atoms with Gasteiger partial charge in [-0.15, -0.1) is 5.11 Å². The molecule has 0 saturated heterocycles. The van der Waals surface area contributed by atoms with Crippen molar-refractivity contribution in [1.82, 2.24) is 0 Å². The first kappa shape index (κ1) is 10.2. The molecule has 0 amide bonds. The first-order valence-corrected chi connectivity index (χ1v) is 4.10. The second-order valence-corrected chi connectivity index (χ2v) is 2.31. The van der Waals surface area contributed by atoms with Gasteiger partial charge in [0.15, 0.2) is 0 Å². The Balaban J connectivity index is 2.58. The first-order valence-electron chi connectivity index (χ1n) is 4.10. The van der Waals surface area contributed by atoms with E-state index in [9.17, 15) is 4.79 Å². The van der Waals surface area contributed by atoms with Crippen molar-refractivity contribution in [2.75, 3.05) is 6.61 Å². The SMILES string of the molecule is CCON=Nc1ccc(OC=O)cc1. The van der Waals surface area contributed by atoms with Crippen molar-refractivity contribution in [2.24, 2.45) is 10.4 Å². The maximum Gasteiger partial charge on any atom is 0.298 e. The highest BCUT2D eigenvalue weighted by Gasteiger charge is 1.92. The summed E-state index contributed by atoms with van der Waals surface area (Å²) in [4.78, 5) is 14.7. The lowest BCUT2D eigenvalue weighted by atomic mass is 10.3.